The fraction of sp³-hybridized carbons (Fsp3) is 0.179. The van der Waals surface area contributed by atoms with Gasteiger partial charge in [-0.15, -0.1) is 0 Å². The number of hydrogen-bond acceptors (Lipinski definition) is 3. The highest BCUT2D eigenvalue weighted by Gasteiger charge is 2.32. The fourth-order valence-corrected chi connectivity index (χ4v) is 4.21. The zero-order valence-corrected chi connectivity index (χ0v) is 20.3. The predicted molar refractivity (Wildman–Crippen MR) is 138 cm³/mol. The molecule has 3 aromatic carbocycles. The summed E-state index contributed by atoms with van der Waals surface area (Å²) in [5, 5.41) is 3.71. The maximum atomic E-state index is 13.8. The second kappa shape index (κ2) is 10.6. The largest absolute Gasteiger partial charge is 0.324 e. The summed E-state index contributed by atoms with van der Waals surface area (Å²) in [5.74, 6) is -0.304. The Morgan fingerprint density at radius 3 is 2.29 bits per heavy atom. The van der Waals surface area contributed by atoms with Gasteiger partial charge in [0.2, 0.25) is 0 Å². The lowest BCUT2D eigenvalue weighted by Crippen LogP contribution is -2.38. The van der Waals surface area contributed by atoms with Crippen LogP contribution >= 0.6 is 11.6 Å². The molecule has 1 atom stereocenters. The van der Waals surface area contributed by atoms with Crippen LogP contribution in [-0.2, 0) is 4.79 Å². The lowest BCUT2D eigenvalue weighted by atomic mass is 10.0. The Morgan fingerprint density at radius 2 is 1.69 bits per heavy atom. The third-order valence-corrected chi connectivity index (χ3v) is 6.11. The Bertz CT molecular complexity index is 1370. The van der Waals surface area contributed by atoms with Crippen LogP contribution in [0.5, 0.6) is 0 Å². The van der Waals surface area contributed by atoms with E-state index >= 15 is 0 Å². The normalized spacial score (nSPS) is 11.7. The SMILES string of the molecule is CCCN(C(=O)c1ccc(C)cc1)C(C=O)c1c(-c2ccccc2)[nH]n(-c2ccc(Cl)cc2)c1=O. The first-order valence-electron chi connectivity index (χ1n) is 11.4. The molecule has 0 radical (unpaired) electrons. The molecule has 35 heavy (non-hydrogen) atoms. The van der Waals surface area contributed by atoms with Gasteiger partial charge in [0.15, 0.2) is 0 Å². The molecule has 6 nitrogen and oxygen atoms in total. The van der Waals surface area contributed by atoms with Gasteiger partial charge in [-0.1, -0.05) is 66.6 Å². The van der Waals surface area contributed by atoms with E-state index in [1.165, 1.54) is 9.58 Å². The molecule has 0 bridgehead atoms. The van der Waals surface area contributed by atoms with Crippen molar-refractivity contribution in [1.82, 2.24) is 14.7 Å². The number of amides is 1. The van der Waals surface area contributed by atoms with Gasteiger partial charge >= 0.3 is 0 Å². The highest BCUT2D eigenvalue weighted by molar-refractivity contribution is 6.30. The van der Waals surface area contributed by atoms with Crippen LogP contribution < -0.4 is 5.56 Å². The van der Waals surface area contributed by atoms with Crippen LogP contribution in [0.1, 0.15) is 40.9 Å². The van der Waals surface area contributed by atoms with Crippen molar-refractivity contribution in [3.05, 3.63) is 111 Å². The van der Waals surface area contributed by atoms with Gasteiger partial charge in [0.25, 0.3) is 11.5 Å². The van der Waals surface area contributed by atoms with Crippen molar-refractivity contribution in [1.29, 1.82) is 0 Å². The quantitative estimate of drug-likeness (QED) is 0.329. The molecule has 1 N–H and O–H groups in total. The number of rotatable bonds is 8. The smallest absolute Gasteiger partial charge is 0.277 e. The van der Waals surface area contributed by atoms with E-state index < -0.39 is 11.6 Å². The number of benzene rings is 3. The van der Waals surface area contributed by atoms with Gasteiger partial charge in [-0.3, -0.25) is 14.7 Å². The van der Waals surface area contributed by atoms with Gasteiger partial charge in [-0.05, 0) is 55.3 Å². The molecule has 1 amide bonds. The van der Waals surface area contributed by atoms with Gasteiger partial charge in [0.1, 0.15) is 12.3 Å². The topological polar surface area (TPSA) is 75.2 Å². The molecule has 178 valence electrons. The third kappa shape index (κ3) is 4.98. The number of aromatic nitrogens is 2. The number of halogens is 1. The zero-order chi connectivity index (χ0) is 24.9. The minimum Gasteiger partial charge on any atom is -0.324 e. The molecule has 0 spiro atoms. The monoisotopic (exact) mass is 487 g/mol. The standard InChI is InChI=1S/C28H26ClN3O3/c1-3-17-31(27(34)21-11-9-19(2)10-12-21)24(18-33)25-26(20-7-5-4-6-8-20)30-32(28(25)35)23-15-13-22(29)14-16-23/h4-16,18,24,30H,3,17H2,1-2H3. The lowest BCUT2D eigenvalue weighted by molar-refractivity contribution is -0.112. The summed E-state index contributed by atoms with van der Waals surface area (Å²) in [4.78, 5) is 41.3. The maximum absolute atomic E-state index is 13.8. The molecule has 0 aliphatic carbocycles. The van der Waals surface area contributed by atoms with Crippen LogP contribution in [0.2, 0.25) is 5.02 Å². The molecule has 4 rings (SSSR count). The number of nitrogens with zero attached hydrogens (tertiary/aromatic N) is 2. The summed E-state index contributed by atoms with van der Waals surface area (Å²) < 4.78 is 1.38. The van der Waals surface area contributed by atoms with E-state index in [2.05, 4.69) is 5.10 Å². The van der Waals surface area contributed by atoms with E-state index in [-0.39, 0.29) is 11.5 Å². The molecule has 1 heterocycles. The fourth-order valence-electron chi connectivity index (χ4n) is 4.09. The van der Waals surface area contributed by atoms with E-state index in [0.717, 1.165) is 11.1 Å². The summed E-state index contributed by atoms with van der Waals surface area (Å²) in [6.45, 7) is 4.19. The van der Waals surface area contributed by atoms with Crippen molar-refractivity contribution in [2.24, 2.45) is 0 Å². The van der Waals surface area contributed by atoms with Gasteiger partial charge in [-0.2, -0.15) is 0 Å². The molecule has 1 aromatic heterocycles. The highest BCUT2D eigenvalue weighted by atomic mass is 35.5. The summed E-state index contributed by atoms with van der Waals surface area (Å²) in [6.07, 6.45) is 1.30. The van der Waals surface area contributed by atoms with Crippen molar-refractivity contribution in [3.8, 4) is 16.9 Å². The van der Waals surface area contributed by atoms with Crippen molar-refractivity contribution in [2.45, 2.75) is 26.3 Å². The third-order valence-electron chi connectivity index (χ3n) is 5.86. The van der Waals surface area contributed by atoms with Crippen LogP contribution in [0.3, 0.4) is 0 Å². The Kier molecular flexibility index (Phi) is 7.32. The van der Waals surface area contributed by atoms with Crippen molar-refractivity contribution in [2.75, 3.05) is 6.54 Å². The number of carbonyl (C=O) groups is 2. The Labute approximate surface area is 208 Å². The number of carbonyl (C=O) groups excluding carboxylic acids is 2. The van der Waals surface area contributed by atoms with Gasteiger partial charge in [0.05, 0.1) is 16.9 Å². The minimum atomic E-state index is -1.07. The summed E-state index contributed by atoms with van der Waals surface area (Å²) in [6, 6.07) is 22.2. The van der Waals surface area contributed by atoms with E-state index in [0.29, 0.717) is 41.2 Å². The zero-order valence-electron chi connectivity index (χ0n) is 19.6. The van der Waals surface area contributed by atoms with Gasteiger partial charge < -0.3 is 9.69 Å². The van der Waals surface area contributed by atoms with Crippen LogP contribution in [0, 0.1) is 6.92 Å². The van der Waals surface area contributed by atoms with Crippen LogP contribution in [0.15, 0.2) is 83.7 Å². The molecule has 0 fully saturated rings. The minimum absolute atomic E-state index is 0.218. The average molecular weight is 488 g/mol. The van der Waals surface area contributed by atoms with E-state index in [4.69, 9.17) is 11.6 Å². The molecule has 4 aromatic rings. The first-order valence-corrected chi connectivity index (χ1v) is 11.8. The van der Waals surface area contributed by atoms with Gasteiger partial charge in [0, 0.05) is 17.1 Å². The molecule has 0 saturated carbocycles. The first-order chi connectivity index (χ1) is 16.9. The first kappa shape index (κ1) is 24.2. The lowest BCUT2D eigenvalue weighted by Gasteiger charge is -2.28. The number of aromatic amines is 1. The number of aryl methyl sites for hydroxylation is 1. The van der Waals surface area contributed by atoms with Crippen molar-refractivity contribution >= 4 is 23.8 Å². The van der Waals surface area contributed by atoms with E-state index in [9.17, 15) is 14.4 Å². The Hall–Kier alpha value is -3.90. The number of H-pyrrole nitrogens is 1. The second-order valence-corrected chi connectivity index (χ2v) is 8.77. The van der Waals surface area contributed by atoms with Crippen LogP contribution in [0.25, 0.3) is 16.9 Å². The molecule has 0 aliphatic rings. The molecule has 0 saturated heterocycles. The molecule has 0 aliphatic heterocycles. The number of nitrogens with one attached hydrogen (secondary N) is 1. The predicted octanol–water partition coefficient (Wildman–Crippen LogP) is 5.59. The summed E-state index contributed by atoms with van der Waals surface area (Å²) in [5.41, 5.74) is 3.10. The maximum Gasteiger partial charge on any atom is 0.277 e. The van der Waals surface area contributed by atoms with Crippen LogP contribution in [-0.4, -0.2) is 33.4 Å². The summed E-state index contributed by atoms with van der Waals surface area (Å²) >= 11 is 6.04. The van der Waals surface area contributed by atoms with Gasteiger partial charge in [-0.25, -0.2) is 4.68 Å². The highest BCUT2D eigenvalue weighted by Crippen LogP contribution is 2.29. The average Bonchev–Trinajstić information content (AvgIpc) is 3.22. The Morgan fingerprint density at radius 1 is 1.03 bits per heavy atom. The van der Waals surface area contributed by atoms with E-state index in [1.54, 1.807) is 36.4 Å². The number of aldehydes is 1. The van der Waals surface area contributed by atoms with E-state index in [1.807, 2.05) is 56.3 Å². The number of hydrogen-bond donors (Lipinski definition) is 1. The molecular weight excluding hydrogens is 462 g/mol. The molecular formula is C28H26ClN3O3. The Balaban J connectivity index is 1.89. The molecule has 1 unspecified atom stereocenters. The van der Waals surface area contributed by atoms with Crippen molar-refractivity contribution in [3.63, 3.8) is 0 Å². The molecule has 7 heteroatoms. The van der Waals surface area contributed by atoms with Crippen molar-refractivity contribution < 1.29 is 9.59 Å². The van der Waals surface area contributed by atoms with Crippen LogP contribution in [0.4, 0.5) is 0 Å². The second-order valence-electron chi connectivity index (χ2n) is 8.33. The summed E-state index contributed by atoms with van der Waals surface area (Å²) in [7, 11) is 0.